The minimum absolute atomic E-state index is 0.0927. The van der Waals surface area contributed by atoms with Crippen LogP contribution in [-0.4, -0.2) is 52.0 Å². The van der Waals surface area contributed by atoms with Gasteiger partial charge in [-0.05, 0) is 58.2 Å². The fourth-order valence-electron chi connectivity index (χ4n) is 4.18. The number of alkyl carbamates (subject to hydrolysis) is 1. The molecule has 0 aliphatic carbocycles. The molecule has 2 aromatic carbocycles. The van der Waals surface area contributed by atoms with E-state index in [1.54, 1.807) is 51.1 Å². The molecule has 10 heteroatoms. The molecule has 4 amide bonds. The summed E-state index contributed by atoms with van der Waals surface area (Å²) in [4.78, 5) is 53.7. The number of carbonyl (C=O) groups excluding carboxylic acids is 4. The molecular formula is C30H42N4O6. The maximum absolute atomic E-state index is 14.1. The Kier molecular flexibility index (Phi) is 12.0. The minimum Gasteiger partial charge on any atom is -0.508 e. The Morgan fingerprint density at radius 3 is 2.27 bits per heavy atom. The number of nitrogens with two attached hydrogens (primary N) is 1. The van der Waals surface area contributed by atoms with Gasteiger partial charge in [0.15, 0.2) is 0 Å². The molecule has 2 unspecified atom stereocenters. The maximum Gasteiger partial charge on any atom is 0.408 e. The van der Waals surface area contributed by atoms with Gasteiger partial charge in [0.05, 0.1) is 0 Å². The third-order valence-corrected chi connectivity index (χ3v) is 6.15. The normalized spacial score (nSPS) is 12.6. The average Bonchev–Trinajstić information content (AvgIpc) is 2.86. The quantitative estimate of drug-likeness (QED) is 0.267. The minimum atomic E-state index is -1.23. The fourth-order valence-corrected chi connectivity index (χ4v) is 4.18. The highest BCUT2D eigenvalue weighted by molar-refractivity contribution is 5.99. The topological polar surface area (TPSA) is 151 Å². The highest BCUT2D eigenvalue weighted by Gasteiger charge is 2.37. The van der Waals surface area contributed by atoms with Crippen LogP contribution in [0.1, 0.15) is 77.0 Å². The summed E-state index contributed by atoms with van der Waals surface area (Å²) in [7, 11) is 0. The van der Waals surface area contributed by atoms with Gasteiger partial charge >= 0.3 is 6.09 Å². The van der Waals surface area contributed by atoms with Gasteiger partial charge in [0.2, 0.25) is 11.8 Å². The van der Waals surface area contributed by atoms with Crippen molar-refractivity contribution in [2.24, 2.45) is 5.73 Å². The zero-order chi connectivity index (χ0) is 29.9. The number of phenolic OH excluding ortho intramolecular Hbond substituents is 1. The van der Waals surface area contributed by atoms with E-state index in [0.717, 1.165) is 18.4 Å². The van der Waals surface area contributed by atoms with E-state index in [2.05, 4.69) is 10.6 Å². The zero-order valence-corrected chi connectivity index (χ0v) is 24.0. The van der Waals surface area contributed by atoms with Crippen molar-refractivity contribution in [2.75, 3.05) is 11.9 Å². The number of primary amides is 1. The molecule has 2 atom stereocenters. The van der Waals surface area contributed by atoms with Crippen molar-refractivity contribution in [1.82, 2.24) is 10.2 Å². The Morgan fingerprint density at radius 2 is 1.68 bits per heavy atom. The lowest BCUT2D eigenvalue weighted by molar-refractivity contribution is -0.141. The Hall–Kier alpha value is -4.08. The smallest absolute Gasteiger partial charge is 0.408 e. The van der Waals surface area contributed by atoms with Gasteiger partial charge in [0, 0.05) is 24.2 Å². The molecule has 0 saturated carbocycles. The molecule has 40 heavy (non-hydrogen) atoms. The summed E-state index contributed by atoms with van der Waals surface area (Å²) in [6.45, 7) is 9.09. The van der Waals surface area contributed by atoms with Crippen LogP contribution in [0.3, 0.4) is 0 Å². The lowest BCUT2D eigenvalue weighted by Gasteiger charge is -2.35. The number of ether oxygens (including phenoxy) is 1. The number of nitrogens with one attached hydrogen (secondary N) is 2. The van der Waals surface area contributed by atoms with Gasteiger partial charge in [-0.3, -0.25) is 14.4 Å². The second-order valence-corrected chi connectivity index (χ2v) is 10.7. The number of para-hydroxylation sites is 2. The predicted octanol–water partition coefficient (Wildman–Crippen LogP) is 4.56. The zero-order valence-electron chi connectivity index (χ0n) is 24.0. The molecule has 0 aromatic heterocycles. The summed E-state index contributed by atoms with van der Waals surface area (Å²) >= 11 is 0. The molecule has 2 aromatic rings. The van der Waals surface area contributed by atoms with Gasteiger partial charge < -0.3 is 31.1 Å². The number of aromatic hydroxyl groups is 1. The second kappa shape index (κ2) is 14.9. The van der Waals surface area contributed by atoms with Crippen molar-refractivity contribution in [1.29, 1.82) is 0 Å². The highest BCUT2D eigenvalue weighted by atomic mass is 16.6. The van der Waals surface area contributed by atoms with Gasteiger partial charge in [-0.25, -0.2) is 4.79 Å². The summed E-state index contributed by atoms with van der Waals surface area (Å²) in [5, 5.41) is 16.2. The largest absolute Gasteiger partial charge is 0.508 e. The molecule has 10 nitrogen and oxygen atoms in total. The van der Waals surface area contributed by atoms with E-state index in [1.165, 1.54) is 11.0 Å². The Morgan fingerprint density at radius 1 is 1.02 bits per heavy atom. The number of hydrogen-bond acceptors (Lipinski definition) is 6. The molecular weight excluding hydrogens is 512 g/mol. The number of rotatable bonds is 13. The van der Waals surface area contributed by atoms with Crippen LogP contribution in [0.4, 0.5) is 10.5 Å². The van der Waals surface area contributed by atoms with Gasteiger partial charge in [0.1, 0.15) is 23.4 Å². The van der Waals surface area contributed by atoms with Gasteiger partial charge in [0.25, 0.3) is 5.91 Å². The molecule has 0 aliphatic rings. The van der Waals surface area contributed by atoms with E-state index in [0.29, 0.717) is 12.1 Å². The van der Waals surface area contributed by atoms with Gasteiger partial charge in [-0.1, -0.05) is 56.2 Å². The highest BCUT2D eigenvalue weighted by Crippen LogP contribution is 2.31. The van der Waals surface area contributed by atoms with Crippen LogP contribution in [0, 0.1) is 6.92 Å². The molecule has 0 radical (unpaired) electrons. The van der Waals surface area contributed by atoms with Gasteiger partial charge in [-0.2, -0.15) is 0 Å². The van der Waals surface area contributed by atoms with Crippen molar-refractivity contribution in [3.05, 3.63) is 59.7 Å². The molecule has 0 aliphatic heterocycles. The van der Waals surface area contributed by atoms with Crippen LogP contribution >= 0.6 is 0 Å². The van der Waals surface area contributed by atoms with Crippen molar-refractivity contribution >= 4 is 29.5 Å². The summed E-state index contributed by atoms with van der Waals surface area (Å²) < 4.78 is 5.35. The van der Waals surface area contributed by atoms with Crippen LogP contribution in [-0.2, 0) is 19.1 Å². The molecule has 0 saturated heterocycles. The molecule has 0 heterocycles. The van der Waals surface area contributed by atoms with Crippen molar-refractivity contribution in [3.63, 3.8) is 0 Å². The number of hydrogen-bond donors (Lipinski definition) is 4. The SMILES string of the molecule is CCCCCN(C(=O)C(CCC(N)=O)NC(=O)OC(C)(C)C)C(C(=O)Nc1ccccc1C)c1ccccc1O. The number of anilines is 1. The summed E-state index contributed by atoms with van der Waals surface area (Å²) in [6, 6.07) is 11.1. The number of unbranched alkanes of at least 4 members (excludes halogenated alkanes) is 2. The lowest BCUT2D eigenvalue weighted by Crippen LogP contribution is -2.52. The van der Waals surface area contributed by atoms with Crippen LogP contribution in [0.2, 0.25) is 0 Å². The first-order valence-corrected chi connectivity index (χ1v) is 13.6. The molecule has 2 rings (SSSR count). The Balaban J connectivity index is 2.56. The van der Waals surface area contributed by atoms with E-state index in [4.69, 9.17) is 10.5 Å². The van der Waals surface area contributed by atoms with Crippen LogP contribution < -0.4 is 16.4 Å². The number of aryl methyl sites for hydroxylation is 1. The first kappa shape index (κ1) is 32.1. The first-order valence-electron chi connectivity index (χ1n) is 13.6. The third-order valence-electron chi connectivity index (χ3n) is 6.15. The number of benzene rings is 2. The molecule has 218 valence electrons. The Labute approximate surface area is 236 Å². The monoisotopic (exact) mass is 554 g/mol. The second-order valence-electron chi connectivity index (χ2n) is 10.7. The van der Waals surface area contributed by atoms with Crippen LogP contribution in [0.5, 0.6) is 5.75 Å². The number of carbonyl (C=O) groups is 4. The van der Waals surface area contributed by atoms with Crippen molar-refractivity contribution < 1.29 is 29.0 Å². The van der Waals surface area contributed by atoms with E-state index >= 15 is 0 Å². The number of amides is 4. The summed E-state index contributed by atoms with van der Waals surface area (Å²) in [5.41, 5.74) is 6.14. The first-order chi connectivity index (χ1) is 18.8. The van der Waals surface area contributed by atoms with E-state index in [-0.39, 0.29) is 30.7 Å². The summed E-state index contributed by atoms with van der Waals surface area (Å²) in [5.74, 6) is -1.94. The number of nitrogens with zero attached hydrogens (tertiary/aromatic N) is 1. The van der Waals surface area contributed by atoms with Crippen LogP contribution in [0.25, 0.3) is 0 Å². The molecule has 0 spiro atoms. The molecule has 5 N–H and O–H groups in total. The lowest BCUT2D eigenvalue weighted by atomic mass is 9.99. The number of phenols is 1. The van der Waals surface area contributed by atoms with E-state index in [9.17, 15) is 24.3 Å². The molecule has 0 fully saturated rings. The standard InChI is InChI=1S/C30H42N4O6/c1-6-7-12-19-34(28(38)23(17-18-25(31)36)33-29(39)40-30(3,4)5)26(21-14-9-11-16-24(21)35)27(37)32-22-15-10-8-13-20(22)2/h8-11,13-16,23,26,35H,6-7,12,17-19H2,1-5H3,(H2,31,36)(H,32,37)(H,33,39). The third kappa shape index (κ3) is 9.91. The predicted molar refractivity (Wildman–Crippen MR) is 153 cm³/mol. The molecule has 0 bridgehead atoms. The average molecular weight is 555 g/mol. The van der Waals surface area contributed by atoms with E-state index in [1.807, 2.05) is 26.0 Å². The van der Waals surface area contributed by atoms with E-state index < -0.39 is 41.5 Å². The maximum atomic E-state index is 14.1. The van der Waals surface area contributed by atoms with Gasteiger partial charge in [-0.15, -0.1) is 0 Å². The fraction of sp³-hybridized carbons (Fsp3) is 0.467. The Bertz CT molecular complexity index is 1180. The van der Waals surface area contributed by atoms with Crippen LogP contribution in [0.15, 0.2) is 48.5 Å². The van der Waals surface area contributed by atoms with Crippen molar-refractivity contribution in [2.45, 2.75) is 84.4 Å². The van der Waals surface area contributed by atoms with Crippen molar-refractivity contribution in [3.8, 4) is 5.75 Å². The summed E-state index contributed by atoms with van der Waals surface area (Å²) in [6.07, 6.45) is 1.10.